The number of hydrazone groups is 1. The first-order chi connectivity index (χ1) is 18.3. The Morgan fingerprint density at radius 2 is 1.76 bits per heavy atom. The van der Waals surface area contributed by atoms with Gasteiger partial charge in [-0.1, -0.05) is 36.0 Å². The predicted molar refractivity (Wildman–Crippen MR) is 151 cm³/mol. The molecule has 10 heteroatoms. The molecule has 1 aliphatic carbocycles. The van der Waals surface area contributed by atoms with Crippen molar-refractivity contribution in [2.24, 2.45) is 16.9 Å². The summed E-state index contributed by atoms with van der Waals surface area (Å²) < 4.78 is 10.9. The molecule has 1 amide bonds. The zero-order chi connectivity index (χ0) is 27.2. The number of nitrogens with two attached hydrogens (primary N) is 1. The Labute approximate surface area is 234 Å². The van der Waals surface area contributed by atoms with Gasteiger partial charge in [-0.2, -0.15) is 5.10 Å². The predicted octanol–water partition coefficient (Wildman–Crippen LogP) is 5.05. The van der Waals surface area contributed by atoms with Crippen molar-refractivity contribution >= 4 is 40.5 Å². The molecule has 0 spiro atoms. The molecule has 0 saturated heterocycles. The summed E-state index contributed by atoms with van der Waals surface area (Å²) in [4.78, 5) is 13.3. The number of benzene rings is 2. The van der Waals surface area contributed by atoms with Gasteiger partial charge >= 0.3 is 0 Å². The molecule has 3 atom stereocenters. The molecular weight excluding hydrogens is 527 g/mol. The number of amides is 1. The normalized spacial score (nSPS) is 20.1. The Kier molecular flexibility index (Phi) is 9.76. The first kappa shape index (κ1) is 28.5. The van der Waals surface area contributed by atoms with E-state index in [-0.39, 0.29) is 17.7 Å². The number of carbonyl (C=O) groups is 1. The molecule has 4 rings (SSSR count). The zero-order valence-corrected chi connectivity index (χ0v) is 23.4. The van der Waals surface area contributed by atoms with Crippen molar-refractivity contribution in [3.05, 3.63) is 51.5 Å². The number of hydrogen-bond donors (Lipinski definition) is 3. The van der Waals surface area contributed by atoms with E-state index in [1.54, 1.807) is 31.4 Å². The monoisotopic (exact) mass is 562 g/mol. The largest absolute Gasteiger partial charge is 0.493 e. The zero-order valence-electron chi connectivity index (χ0n) is 21.9. The fraction of sp³-hybridized carbons (Fsp3) is 0.500. The van der Waals surface area contributed by atoms with E-state index >= 15 is 0 Å². The average Bonchev–Trinajstić information content (AvgIpc) is 2.93. The van der Waals surface area contributed by atoms with Crippen LogP contribution >= 0.6 is 23.2 Å². The maximum atomic E-state index is 13.3. The third kappa shape index (κ3) is 6.37. The number of aliphatic hydroxyl groups excluding tert-OH is 1. The molecule has 8 nitrogen and oxygen atoms in total. The number of halogens is 2. The van der Waals surface area contributed by atoms with Crippen LogP contribution in [0.25, 0.3) is 0 Å². The smallest absolute Gasteiger partial charge is 0.246 e. The number of rotatable bonds is 11. The minimum atomic E-state index is -0.758. The standard InChI is InChI=1S/C28H36Cl2N4O4/c1-37-24-10-9-17(15-25(24)38-2)27-19-7-3-4-8-20(19)28(36)34(33-27)12-6-5-11-32-16-23(35)18-13-21(29)26(31)22(30)14-18/h9-10,13-15,19-20,23,32,35H,3-8,11-12,16,31H2,1-2H3. The summed E-state index contributed by atoms with van der Waals surface area (Å²) in [5.41, 5.74) is 8.61. The number of nitrogen functional groups attached to an aromatic ring is 1. The lowest BCUT2D eigenvalue weighted by atomic mass is 9.73. The van der Waals surface area contributed by atoms with Crippen LogP contribution in [0, 0.1) is 11.8 Å². The molecule has 1 saturated carbocycles. The number of fused-ring (bicyclic) bond motifs is 1. The van der Waals surface area contributed by atoms with Gasteiger partial charge in [0.15, 0.2) is 11.5 Å². The maximum absolute atomic E-state index is 13.3. The van der Waals surface area contributed by atoms with Crippen LogP contribution in [0.5, 0.6) is 11.5 Å². The summed E-state index contributed by atoms with van der Waals surface area (Å²) in [5, 5.41) is 20.9. The Morgan fingerprint density at radius 1 is 1.08 bits per heavy atom. The van der Waals surface area contributed by atoms with E-state index in [4.69, 9.17) is 43.5 Å². The molecule has 1 heterocycles. The van der Waals surface area contributed by atoms with Crippen LogP contribution in [-0.2, 0) is 4.79 Å². The first-order valence-corrected chi connectivity index (χ1v) is 13.8. The van der Waals surface area contributed by atoms with E-state index in [2.05, 4.69) is 5.32 Å². The van der Waals surface area contributed by atoms with Crippen molar-refractivity contribution in [1.29, 1.82) is 0 Å². The summed E-state index contributed by atoms with van der Waals surface area (Å²) in [6.45, 7) is 1.59. The molecule has 3 unspecified atom stereocenters. The Balaban J connectivity index is 1.35. The summed E-state index contributed by atoms with van der Waals surface area (Å²) >= 11 is 12.2. The van der Waals surface area contributed by atoms with Crippen molar-refractivity contribution < 1.29 is 19.4 Å². The molecule has 2 aliphatic rings. The third-order valence-corrected chi connectivity index (χ3v) is 8.02. The summed E-state index contributed by atoms with van der Waals surface area (Å²) in [7, 11) is 3.24. The first-order valence-electron chi connectivity index (χ1n) is 13.1. The van der Waals surface area contributed by atoms with Crippen molar-refractivity contribution in [3.63, 3.8) is 0 Å². The van der Waals surface area contributed by atoms with Gasteiger partial charge in [-0.05, 0) is 68.1 Å². The third-order valence-electron chi connectivity index (χ3n) is 7.39. The van der Waals surface area contributed by atoms with Crippen LogP contribution in [0.15, 0.2) is 35.4 Å². The van der Waals surface area contributed by atoms with Gasteiger partial charge in [-0.25, -0.2) is 5.01 Å². The number of carbonyl (C=O) groups excluding carboxylic acids is 1. The second kappa shape index (κ2) is 13.0. The molecule has 38 heavy (non-hydrogen) atoms. The number of unbranched alkanes of at least 4 members (excludes halogenated alkanes) is 1. The SMILES string of the molecule is COc1ccc(C2=NN(CCCCNCC(O)c3cc(Cl)c(N)c(Cl)c3)C(=O)C3CCCCC23)cc1OC. The lowest BCUT2D eigenvalue weighted by Crippen LogP contribution is -2.46. The fourth-order valence-corrected chi connectivity index (χ4v) is 5.79. The van der Waals surface area contributed by atoms with Crippen LogP contribution in [-0.4, -0.2) is 55.6 Å². The molecule has 0 bridgehead atoms. The number of nitrogens with one attached hydrogen (secondary N) is 1. The number of aliphatic hydroxyl groups is 1. The Morgan fingerprint density at radius 3 is 2.45 bits per heavy atom. The minimum absolute atomic E-state index is 0.0313. The quantitative estimate of drug-likeness (QED) is 0.261. The van der Waals surface area contributed by atoms with Gasteiger partial charge in [-0.3, -0.25) is 4.79 Å². The van der Waals surface area contributed by atoms with E-state index in [9.17, 15) is 9.90 Å². The molecule has 2 aromatic rings. The van der Waals surface area contributed by atoms with Gasteiger partial charge in [0, 0.05) is 30.5 Å². The number of ether oxygens (including phenoxy) is 2. The van der Waals surface area contributed by atoms with Gasteiger partial charge < -0.3 is 25.6 Å². The second-order valence-corrected chi connectivity index (χ2v) is 10.7. The Bertz CT molecular complexity index is 1150. The van der Waals surface area contributed by atoms with E-state index in [0.29, 0.717) is 52.4 Å². The molecule has 0 aromatic heterocycles. The van der Waals surface area contributed by atoms with Crippen LogP contribution in [0.1, 0.15) is 55.8 Å². The second-order valence-electron chi connectivity index (χ2n) is 9.84. The van der Waals surface area contributed by atoms with Gasteiger partial charge in [-0.15, -0.1) is 0 Å². The topological polar surface area (TPSA) is 109 Å². The molecule has 2 aromatic carbocycles. The van der Waals surface area contributed by atoms with Gasteiger partial charge in [0.05, 0.1) is 41.8 Å². The maximum Gasteiger partial charge on any atom is 0.246 e. The van der Waals surface area contributed by atoms with Crippen molar-refractivity contribution in [2.45, 2.75) is 44.6 Å². The highest BCUT2D eigenvalue weighted by Gasteiger charge is 2.41. The highest BCUT2D eigenvalue weighted by molar-refractivity contribution is 6.38. The highest BCUT2D eigenvalue weighted by Crippen LogP contribution is 2.39. The van der Waals surface area contributed by atoms with Crippen molar-refractivity contribution in [2.75, 3.05) is 39.6 Å². The molecular formula is C28H36Cl2N4O4. The average molecular weight is 564 g/mol. The molecule has 1 fully saturated rings. The van der Waals surface area contributed by atoms with Gasteiger partial charge in [0.2, 0.25) is 5.91 Å². The van der Waals surface area contributed by atoms with Crippen molar-refractivity contribution in [1.82, 2.24) is 10.3 Å². The molecule has 1 aliphatic heterocycles. The highest BCUT2D eigenvalue weighted by atomic mass is 35.5. The van der Waals surface area contributed by atoms with E-state index in [1.807, 2.05) is 18.2 Å². The number of anilines is 1. The van der Waals surface area contributed by atoms with E-state index in [1.165, 1.54) is 0 Å². The molecule has 0 radical (unpaired) electrons. The minimum Gasteiger partial charge on any atom is -0.493 e. The number of hydrogen-bond acceptors (Lipinski definition) is 7. The van der Waals surface area contributed by atoms with Gasteiger partial charge in [0.1, 0.15) is 0 Å². The molecule has 4 N–H and O–H groups in total. The summed E-state index contributed by atoms with van der Waals surface area (Å²) in [5.74, 6) is 1.54. The van der Waals surface area contributed by atoms with E-state index < -0.39 is 6.10 Å². The summed E-state index contributed by atoms with van der Waals surface area (Å²) in [6.07, 6.45) is 4.89. The summed E-state index contributed by atoms with van der Waals surface area (Å²) in [6, 6.07) is 9.10. The lowest BCUT2D eigenvalue weighted by Gasteiger charge is -2.38. The van der Waals surface area contributed by atoms with Crippen LogP contribution in [0.3, 0.4) is 0 Å². The van der Waals surface area contributed by atoms with Crippen LogP contribution < -0.4 is 20.5 Å². The number of nitrogens with zero attached hydrogens (tertiary/aromatic N) is 2. The van der Waals surface area contributed by atoms with Gasteiger partial charge in [0.25, 0.3) is 0 Å². The van der Waals surface area contributed by atoms with Crippen molar-refractivity contribution in [3.8, 4) is 11.5 Å². The lowest BCUT2D eigenvalue weighted by molar-refractivity contribution is -0.139. The number of methoxy groups -OCH3 is 2. The van der Waals surface area contributed by atoms with Crippen LogP contribution in [0.4, 0.5) is 5.69 Å². The van der Waals surface area contributed by atoms with E-state index in [0.717, 1.165) is 49.8 Å². The van der Waals surface area contributed by atoms with Crippen LogP contribution in [0.2, 0.25) is 10.0 Å². The fourth-order valence-electron chi connectivity index (χ4n) is 5.29. The molecule has 206 valence electrons. The Hall–Kier alpha value is -2.52.